The monoisotopic (exact) mass is 435 g/mol. The first kappa shape index (κ1) is 22.4. The van der Waals surface area contributed by atoms with E-state index in [1.807, 2.05) is 24.3 Å². The summed E-state index contributed by atoms with van der Waals surface area (Å²) in [4.78, 5) is 14.2. The summed E-state index contributed by atoms with van der Waals surface area (Å²) in [6, 6.07) is 11.9. The number of carbonyl (C=O) groups is 1. The number of halogens is 1. The van der Waals surface area contributed by atoms with Crippen LogP contribution >= 0.6 is 0 Å². The lowest BCUT2D eigenvalue weighted by molar-refractivity contribution is -0.122. The lowest BCUT2D eigenvalue weighted by Crippen LogP contribution is -2.44. The Morgan fingerprint density at radius 3 is 2.57 bits per heavy atom. The topological polar surface area (TPSA) is 87.7 Å². The van der Waals surface area contributed by atoms with Crippen LogP contribution in [-0.2, 0) is 32.6 Å². The zero-order valence-electron chi connectivity index (χ0n) is 16.8. The quantitative estimate of drug-likeness (QED) is 0.658. The van der Waals surface area contributed by atoms with Crippen molar-refractivity contribution < 1.29 is 22.3 Å². The van der Waals surface area contributed by atoms with Crippen molar-refractivity contribution in [2.45, 2.75) is 31.0 Å². The normalized spacial score (nSPS) is 16.2. The van der Waals surface area contributed by atoms with Crippen molar-refractivity contribution in [3.05, 3.63) is 65.5 Å². The molecular formula is C21H26FN3O4S. The second kappa shape index (κ2) is 10.1. The highest BCUT2D eigenvalue weighted by molar-refractivity contribution is 7.89. The molecule has 1 heterocycles. The number of sulfonamides is 1. The second-order valence-corrected chi connectivity index (χ2v) is 8.88. The molecule has 9 heteroatoms. The number of nitrogens with one attached hydrogen (secondary N) is 2. The Morgan fingerprint density at radius 2 is 1.83 bits per heavy atom. The van der Waals surface area contributed by atoms with Gasteiger partial charge in [0, 0.05) is 26.2 Å². The lowest BCUT2D eigenvalue weighted by Gasteiger charge is -2.26. The number of benzene rings is 2. The van der Waals surface area contributed by atoms with Crippen molar-refractivity contribution in [1.29, 1.82) is 0 Å². The largest absolute Gasteiger partial charge is 0.379 e. The minimum atomic E-state index is -4.14. The fourth-order valence-corrected chi connectivity index (χ4v) is 4.49. The maximum absolute atomic E-state index is 13.8. The van der Waals surface area contributed by atoms with Crippen molar-refractivity contribution in [2.24, 2.45) is 0 Å². The van der Waals surface area contributed by atoms with Crippen LogP contribution < -0.4 is 10.0 Å². The van der Waals surface area contributed by atoms with Gasteiger partial charge in [0.05, 0.1) is 19.3 Å². The van der Waals surface area contributed by atoms with Crippen molar-refractivity contribution >= 4 is 15.9 Å². The van der Waals surface area contributed by atoms with Gasteiger partial charge in [-0.05, 0) is 30.2 Å². The fourth-order valence-electron chi connectivity index (χ4n) is 3.21. The molecule has 0 radical (unpaired) electrons. The van der Waals surface area contributed by atoms with Gasteiger partial charge in [0.1, 0.15) is 10.7 Å². The van der Waals surface area contributed by atoms with Gasteiger partial charge in [0.15, 0.2) is 0 Å². The number of nitrogens with zero attached hydrogens (tertiary/aromatic N) is 1. The molecule has 0 bridgehead atoms. The lowest BCUT2D eigenvalue weighted by atomic mass is 10.1. The molecular weight excluding hydrogens is 409 g/mol. The molecule has 0 spiro atoms. The summed E-state index contributed by atoms with van der Waals surface area (Å²) >= 11 is 0. The van der Waals surface area contributed by atoms with E-state index in [1.165, 1.54) is 19.1 Å². The molecule has 2 aromatic carbocycles. The molecule has 0 saturated carbocycles. The predicted octanol–water partition coefficient (Wildman–Crippen LogP) is 1.64. The third-order valence-electron chi connectivity index (χ3n) is 4.82. The fraction of sp³-hybridized carbons (Fsp3) is 0.381. The van der Waals surface area contributed by atoms with Crippen molar-refractivity contribution in [3.8, 4) is 0 Å². The Labute approximate surface area is 176 Å². The van der Waals surface area contributed by atoms with Crippen LogP contribution in [0.2, 0.25) is 0 Å². The highest BCUT2D eigenvalue weighted by Gasteiger charge is 2.24. The predicted molar refractivity (Wildman–Crippen MR) is 111 cm³/mol. The average molecular weight is 436 g/mol. The van der Waals surface area contributed by atoms with Crippen molar-refractivity contribution in [2.75, 3.05) is 26.3 Å². The third kappa shape index (κ3) is 6.09. The summed E-state index contributed by atoms with van der Waals surface area (Å²) in [5, 5.41) is 2.73. The zero-order valence-corrected chi connectivity index (χ0v) is 17.6. The van der Waals surface area contributed by atoms with Gasteiger partial charge >= 0.3 is 0 Å². The summed E-state index contributed by atoms with van der Waals surface area (Å²) in [5.41, 5.74) is 2.05. The number of rotatable bonds is 8. The average Bonchev–Trinajstić information content (AvgIpc) is 2.73. The molecule has 162 valence electrons. The van der Waals surface area contributed by atoms with Crippen molar-refractivity contribution in [3.63, 3.8) is 0 Å². The molecule has 1 aliphatic heterocycles. The first-order chi connectivity index (χ1) is 14.3. The second-order valence-electron chi connectivity index (χ2n) is 7.20. The maximum atomic E-state index is 13.8. The van der Waals surface area contributed by atoms with Crippen LogP contribution in [-0.4, -0.2) is 51.6 Å². The molecule has 7 nitrogen and oxygen atoms in total. The van der Waals surface area contributed by atoms with E-state index in [-0.39, 0.29) is 6.54 Å². The van der Waals surface area contributed by atoms with Gasteiger partial charge in [0.25, 0.3) is 0 Å². The number of ether oxygens (including phenoxy) is 1. The van der Waals surface area contributed by atoms with Gasteiger partial charge in [-0.2, -0.15) is 4.72 Å². The van der Waals surface area contributed by atoms with Crippen LogP contribution in [0.1, 0.15) is 18.1 Å². The molecule has 2 N–H and O–H groups in total. The Morgan fingerprint density at radius 1 is 1.13 bits per heavy atom. The van der Waals surface area contributed by atoms with Crippen LogP contribution in [0.25, 0.3) is 0 Å². The molecule has 1 atom stereocenters. The van der Waals surface area contributed by atoms with E-state index < -0.39 is 32.7 Å². The van der Waals surface area contributed by atoms with E-state index in [0.717, 1.165) is 56.1 Å². The number of carbonyl (C=O) groups excluding carboxylic acids is 1. The molecule has 1 aliphatic rings. The molecule has 1 amide bonds. The van der Waals surface area contributed by atoms with Gasteiger partial charge in [0.2, 0.25) is 15.9 Å². The molecule has 1 fully saturated rings. The van der Waals surface area contributed by atoms with Gasteiger partial charge in [-0.3, -0.25) is 9.69 Å². The van der Waals surface area contributed by atoms with Gasteiger partial charge in [-0.1, -0.05) is 36.4 Å². The summed E-state index contributed by atoms with van der Waals surface area (Å²) < 4.78 is 46.0. The number of morpholine rings is 1. The van der Waals surface area contributed by atoms with E-state index in [9.17, 15) is 17.6 Å². The van der Waals surface area contributed by atoms with E-state index in [4.69, 9.17) is 4.74 Å². The molecule has 0 aliphatic carbocycles. The number of hydrogen-bond donors (Lipinski definition) is 2. The number of amides is 1. The Kier molecular flexibility index (Phi) is 7.54. The molecule has 0 aromatic heterocycles. The summed E-state index contributed by atoms with van der Waals surface area (Å²) in [6.07, 6.45) is 0. The molecule has 0 unspecified atom stereocenters. The zero-order chi connectivity index (χ0) is 21.6. The molecule has 2 aromatic rings. The van der Waals surface area contributed by atoms with E-state index in [0.29, 0.717) is 0 Å². The first-order valence-corrected chi connectivity index (χ1v) is 11.3. The van der Waals surface area contributed by atoms with Crippen LogP contribution in [0.4, 0.5) is 4.39 Å². The van der Waals surface area contributed by atoms with Crippen molar-refractivity contribution in [1.82, 2.24) is 14.9 Å². The van der Waals surface area contributed by atoms with Gasteiger partial charge < -0.3 is 10.1 Å². The van der Waals surface area contributed by atoms with E-state index in [2.05, 4.69) is 14.9 Å². The van der Waals surface area contributed by atoms with Gasteiger partial charge in [-0.25, -0.2) is 12.8 Å². The minimum Gasteiger partial charge on any atom is -0.379 e. The first-order valence-electron chi connectivity index (χ1n) is 9.77. The van der Waals surface area contributed by atoms with Crippen LogP contribution in [0.3, 0.4) is 0 Å². The summed E-state index contributed by atoms with van der Waals surface area (Å²) in [6.45, 7) is 5.74. The summed E-state index contributed by atoms with van der Waals surface area (Å²) in [5.74, 6) is -1.36. The van der Waals surface area contributed by atoms with Gasteiger partial charge in [-0.15, -0.1) is 0 Å². The highest BCUT2D eigenvalue weighted by atomic mass is 32.2. The molecule has 1 saturated heterocycles. The van der Waals surface area contributed by atoms with E-state index in [1.54, 1.807) is 0 Å². The van der Waals surface area contributed by atoms with Crippen LogP contribution in [0, 0.1) is 5.82 Å². The van der Waals surface area contributed by atoms with Crippen LogP contribution in [0.15, 0.2) is 53.4 Å². The number of hydrogen-bond acceptors (Lipinski definition) is 5. The molecule has 30 heavy (non-hydrogen) atoms. The Bertz CT molecular complexity index is 978. The van der Waals surface area contributed by atoms with E-state index >= 15 is 0 Å². The SMILES string of the molecule is C[C@H](NS(=O)(=O)c1ccccc1F)C(=O)NCc1cccc(CN2CCOCC2)c1. The smallest absolute Gasteiger partial charge is 0.244 e. The third-order valence-corrected chi connectivity index (χ3v) is 6.39. The van der Waals surface area contributed by atoms with Crippen LogP contribution in [0.5, 0.6) is 0 Å². The Balaban J connectivity index is 1.54. The molecule has 3 rings (SSSR count). The maximum Gasteiger partial charge on any atom is 0.244 e. The standard InChI is InChI=1S/C21H26FN3O4S/c1-16(24-30(27,28)20-8-3-2-7-19(20)22)21(26)23-14-17-5-4-6-18(13-17)15-25-9-11-29-12-10-25/h2-8,13,16,24H,9-12,14-15H2,1H3,(H,23,26)/t16-/m0/s1. The summed E-state index contributed by atoms with van der Waals surface area (Å²) in [7, 11) is -4.14. The Hall–Kier alpha value is -2.33. The minimum absolute atomic E-state index is 0.265. The highest BCUT2D eigenvalue weighted by Crippen LogP contribution is 2.14.